The van der Waals surface area contributed by atoms with Crippen molar-refractivity contribution in [2.24, 2.45) is 5.73 Å². The van der Waals surface area contributed by atoms with Crippen molar-refractivity contribution < 1.29 is 19.2 Å². The van der Waals surface area contributed by atoms with Crippen LogP contribution in [0.5, 0.6) is 5.75 Å². The number of nitrogens with one attached hydrogen (secondary N) is 1. The molecule has 1 aliphatic heterocycles. The van der Waals surface area contributed by atoms with Crippen molar-refractivity contribution in [3.05, 3.63) is 92.2 Å². The van der Waals surface area contributed by atoms with E-state index in [4.69, 9.17) is 10.5 Å². The van der Waals surface area contributed by atoms with E-state index in [1.807, 2.05) is 17.5 Å². The molecule has 2 amide bonds. The second kappa shape index (κ2) is 12.6. The maximum absolute atomic E-state index is 13.6. The van der Waals surface area contributed by atoms with Crippen LogP contribution in [-0.2, 0) is 17.9 Å². The minimum atomic E-state index is -0.659. The van der Waals surface area contributed by atoms with Gasteiger partial charge in [0.05, 0.1) is 12.0 Å². The minimum absolute atomic E-state index is 0.0334. The van der Waals surface area contributed by atoms with Crippen molar-refractivity contribution in [1.82, 2.24) is 15.1 Å². The number of nitro groups is 1. The highest BCUT2D eigenvalue weighted by molar-refractivity contribution is 7.09. The van der Waals surface area contributed by atoms with Crippen LogP contribution in [0.25, 0.3) is 0 Å². The average molecular weight is 538 g/mol. The summed E-state index contributed by atoms with van der Waals surface area (Å²) in [5.74, 6) is 0.0829. The summed E-state index contributed by atoms with van der Waals surface area (Å²) in [6.07, 6.45) is 0.449. The smallest absolute Gasteiger partial charge is 0.269 e. The third-order valence-corrected chi connectivity index (χ3v) is 7.45. The van der Waals surface area contributed by atoms with Gasteiger partial charge in [0, 0.05) is 61.3 Å². The van der Waals surface area contributed by atoms with E-state index in [9.17, 15) is 19.7 Å². The zero-order valence-electron chi connectivity index (χ0n) is 21.1. The first-order valence-electron chi connectivity index (χ1n) is 12.3. The van der Waals surface area contributed by atoms with Crippen LogP contribution in [0.1, 0.15) is 27.2 Å². The van der Waals surface area contributed by atoms with Gasteiger partial charge in [-0.3, -0.25) is 24.6 Å². The second-order valence-corrected chi connectivity index (χ2v) is 10.1. The lowest BCUT2D eigenvalue weighted by molar-refractivity contribution is -0.384. The van der Waals surface area contributed by atoms with E-state index in [1.54, 1.807) is 59.7 Å². The number of likely N-dealkylation sites (tertiary alicyclic amines) is 1. The van der Waals surface area contributed by atoms with Crippen LogP contribution in [0.2, 0.25) is 0 Å². The molecule has 1 fully saturated rings. The molecule has 10 nitrogen and oxygen atoms in total. The van der Waals surface area contributed by atoms with Gasteiger partial charge in [-0.2, -0.15) is 0 Å². The molecular weight excluding hydrogens is 506 g/mol. The van der Waals surface area contributed by atoms with Gasteiger partial charge < -0.3 is 20.7 Å². The fourth-order valence-electron chi connectivity index (χ4n) is 4.66. The van der Waals surface area contributed by atoms with E-state index in [0.29, 0.717) is 50.5 Å². The highest BCUT2D eigenvalue weighted by Crippen LogP contribution is 2.29. The summed E-state index contributed by atoms with van der Waals surface area (Å²) in [4.78, 5) is 42.5. The summed E-state index contributed by atoms with van der Waals surface area (Å²) < 4.78 is 5.29. The Morgan fingerprint density at radius 3 is 2.63 bits per heavy atom. The zero-order valence-corrected chi connectivity index (χ0v) is 21.9. The van der Waals surface area contributed by atoms with E-state index in [0.717, 1.165) is 10.4 Å². The molecule has 0 saturated carbocycles. The molecule has 0 aliphatic carbocycles. The largest absolute Gasteiger partial charge is 0.497 e. The Balaban J connectivity index is 1.61. The third kappa shape index (κ3) is 6.55. The number of benzene rings is 2. The molecule has 0 spiro atoms. The number of rotatable bonds is 11. The lowest BCUT2D eigenvalue weighted by Gasteiger charge is -2.28. The summed E-state index contributed by atoms with van der Waals surface area (Å²) in [5, 5.41) is 15.9. The van der Waals surface area contributed by atoms with Crippen LogP contribution >= 0.6 is 11.3 Å². The topological polar surface area (TPSA) is 131 Å². The van der Waals surface area contributed by atoms with Crippen LogP contribution in [0.4, 0.5) is 5.69 Å². The number of carbonyl (C=O) groups excluding carboxylic acids is 2. The predicted octanol–water partition coefficient (Wildman–Crippen LogP) is 3.03. The Hall–Kier alpha value is -3.80. The molecule has 2 atom stereocenters. The van der Waals surface area contributed by atoms with Crippen molar-refractivity contribution in [2.45, 2.75) is 31.6 Å². The molecule has 3 N–H and O–H groups in total. The number of nitrogens with two attached hydrogens (primary N) is 1. The van der Waals surface area contributed by atoms with E-state index < -0.39 is 11.0 Å². The van der Waals surface area contributed by atoms with E-state index in [2.05, 4.69) is 10.2 Å². The maximum Gasteiger partial charge on any atom is 0.269 e. The first-order valence-corrected chi connectivity index (χ1v) is 13.2. The van der Waals surface area contributed by atoms with E-state index in [1.165, 1.54) is 12.1 Å². The Morgan fingerprint density at radius 1 is 1.18 bits per heavy atom. The molecule has 3 aromatic rings. The van der Waals surface area contributed by atoms with Crippen molar-refractivity contribution in [2.75, 3.05) is 26.7 Å². The predicted molar refractivity (Wildman–Crippen MR) is 145 cm³/mol. The van der Waals surface area contributed by atoms with Crippen molar-refractivity contribution in [3.8, 4) is 5.75 Å². The third-order valence-electron chi connectivity index (χ3n) is 6.59. The minimum Gasteiger partial charge on any atom is -0.497 e. The molecule has 2 unspecified atom stereocenters. The number of hydrogen-bond donors (Lipinski definition) is 2. The molecule has 2 aromatic carbocycles. The molecule has 1 aliphatic rings. The molecule has 1 aromatic heterocycles. The van der Waals surface area contributed by atoms with Gasteiger partial charge in [0.25, 0.3) is 11.6 Å². The first-order chi connectivity index (χ1) is 18.4. The van der Waals surface area contributed by atoms with Crippen LogP contribution in [-0.4, -0.2) is 65.4 Å². The molecule has 1 saturated heterocycles. The number of non-ortho nitro benzene ring substituents is 1. The standard InChI is InChI=1S/C27H31N5O5S/c1-37-23-5-2-4-20(14-23)27(34)31-17-22(15-25(31)26(33)29-12-11-28)30(18-24-6-3-13-38-24)16-19-7-9-21(10-8-19)32(35)36/h2-10,13-14,22,25H,11-12,15-18,28H2,1H3,(H,29,33). The summed E-state index contributed by atoms with van der Waals surface area (Å²) >= 11 is 1.63. The fraction of sp³-hybridized carbons (Fsp3) is 0.333. The monoisotopic (exact) mass is 537 g/mol. The van der Waals surface area contributed by atoms with Gasteiger partial charge in [0.15, 0.2) is 0 Å². The molecule has 200 valence electrons. The highest BCUT2D eigenvalue weighted by Gasteiger charge is 2.42. The number of nitro benzene ring substituents is 1. The SMILES string of the molecule is COc1cccc(C(=O)N2CC(N(Cc3ccc([N+](=O)[O-])cc3)Cc3cccs3)CC2C(=O)NCCN)c1. The van der Waals surface area contributed by atoms with Crippen molar-refractivity contribution in [3.63, 3.8) is 0 Å². The molecule has 0 bridgehead atoms. The van der Waals surface area contributed by atoms with Crippen LogP contribution in [0, 0.1) is 10.1 Å². The Labute approximate surface area is 225 Å². The molecule has 38 heavy (non-hydrogen) atoms. The normalized spacial score (nSPS) is 17.0. The quantitative estimate of drug-likeness (QED) is 0.284. The number of amides is 2. The fourth-order valence-corrected chi connectivity index (χ4v) is 5.39. The zero-order chi connectivity index (χ0) is 27.1. The van der Waals surface area contributed by atoms with Crippen LogP contribution < -0.4 is 15.8 Å². The van der Waals surface area contributed by atoms with Crippen molar-refractivity contribution >= 4 is 28.8 Å². The average Bonchev–Trinajstić information content (AvgIpc) is 3.62. The van der Waals surface area contributed by atoms with Gasteiger partial charge in [0.2, 0.25) is 5.91 Å². The number of methoxy groups -OCH3 is 1. The van der Waals surface area contributed by atoms with Gasteiger partial charge in [0.1, 0.15) is 11.8 Å². The highest BCUT2D eigenvalue weighted by atomic mass is 32.1. The lowest BCUT2D eigenvalue weighted by Crippen LogP contribution is -2.47. The van der Waals surface area contributed by atoms with Gasteiger partial charge in [-0.15, -0.1) is 11.3 Å². The second-order valence-electron chi connectivity index (χ2n) is 9.08. The number of hydrogen-bond acceptors (Lipinski definition) is 8. The lowest BCUT2D eigenvalue weighted by atomic mass is 10.1. The first kappa shape index (κ1) is 27.2. The van der Waals surface area contributed by atoms with Gasteiger partial charge in [-0.25, -0.2) is 0 Å². The molecule has 2 heterocycles. The van der Waals surface area contributed by atoms with Crippen LogP contribution in [0.3, 0.4) is 0 Å². The molecule has 11 heteroatoms. The summed E-state index contributed by atoms with van der Waals surface area (Å²) in [7, 11) is 1.54. The Kier molecular flexibility index (Phi) is 9.06. The van der Waals surface area contributed by atoms with Crippen LogP contribution in [0.15, 0.2) is 66.0 Å². The number of ether oxygens (including phenoxy) is 1. The summed E-state index contributed by atoms with van der Waals surface area (Å²) in [5.41, 5.74) is 6.99. The number of carbonyl (C=O) groups is 2. The number of thiophene rings is 1. The van der Waals surface area contributed by atoms with Gasteiger partial charge >= 0.3 is 0 Å². The van der Waals surface area contributed by atoms with E-state index >= 15 is 0 Å². The summed E-state index contributed by atoms with van der Waals surface area (Å²) in [6, 6.07) is 16.7. The summed E-state index contributed by atoms with van der Waals surface area (Å²) in [6.45, 7) is 2.12. The van der Waals surface area contributed by atoms with Crippen molar-refractivity contribution in [1.29, 1.82) is 0 Å². The van der Waals surface area contributed by atoms with Gasteiger partial charge in [-0.05, 0) is 41.6 Å². The Morgan fingerprint density at radius 2 is 1.97 bits per heavy atom. The molecule has 0 radical (unpaired) electrons. The van der Waals surface area contributed by atoms with E-state index in [-0.39, 0.29) is 23.5 Å². The van der Waals surface area contributed by atoms with Gasteiger partial charge in [-0.1, -0.05) is 24.3 Å². The maximum atomic E-state index is 13.6. The molecule has 4 rings (SSSR count). The Bertz CT molecular complexity index is 1250. The molecular formula is C27H31N5O5S. The number of nitrogens with zero attached hydrogens (tertiary/aromatic N) is 3.